The van der Waals surface area contributed by atoms with Crippen LogP contribution in [0.15, 0.2) is 0 Å². The summed E-state index contributed by atoms with van der Waals surface area (Å²) in [6.45, 7) is 3.63. The van der Waals surface area contributed by atoms with Gasteiger partial charge in [-0.2, -0.15) is 0 Å². The van der Waals surface area contributed by atoms with Crippen molar-refractivity contribution in [2.24, 2.45) is 11.7 Å². The zero-order chi connectivity index (χ0) is 11.6. The summed E-state index contributed by atoms with van der Waals surface area (Å²) >= 11 is 0. The number of nitrogens with two attached hydrogens (primary N) is 1. The molecule has 2 unspecified atom stereocenters. The largest absolute Gasteiger partial charge is 0.368 e. The van der Waals surface area contributed by atoms with Crippen LogP contribution < -0.4 is 16.4 Å². The summed E-state index contributed by atoms with van der Waals surface area (Å²) in [4.78, 5) is 33.2. The number of nitrogens with one attached hydrogen (secondary N) is 2. The topological polar surface area (TPSA) is 101 Å². The quantitative estimate of drug-likeness (QED) is 0.495. The van der Waals surface area contributed by atoms with Crippen molar-refractivity contribution in [1.29, 1.82) is 0 Å². The molecule has 1 heterocycles. The Morgan fingerprint density at radius 1 is 1.53 bits per heavy atom. The second-order valence-electron chi connectivity index (χ2n) is 3.96. The van der Waals surface area contributed by atoms with Gasteiger partial charge in [-0.05, 0) is 5.92 Å². The van der Waals surface area contributed by atoms with E-state index in [1.54, 1.807) is 0 Å². The number of hydrogen-bond acceptors (Lipinski definition) is 4. The molecule has 0 spiro atoms. The number of imide groups is 1. The van der Waals surface area contributed by atoms with Crippen LogP contribution in [0.25, 0.3) is 0 Å². The molecule has 4 N–H and O–H groups in total. The number of rotatable bonds is 4. The van der Waals surface area contributed by atoms with E-state index < -0.39 is 23.9 Å². The molecule has 1 aliphatic rings. The Balaban J connectivity index is 2.63. The Morgan fingerprint density at radius 2 is 2.13 bits per heavy atom. The number of carbonyl (C=O) groups is 3. The second-order valence-corrected chi connectivity index (χ2v) is 3.96. The molecule has 0 aromatic carbocycles. The van der Waals surface area contributed by atoms with Crippen molar-refractivity contribution in [1.82, 2.24) is 10.6 Å². The van der Waals surface area contributed by atoms with E-state index in [1.165, 1.54) is 0 Å². The highest BCUT2D eigenvalue weighted by Gasteiger charge is 2.34. The minimum Gasteiger partial charge on any atom is -0.368 e. The van der Waals surface area contributed by atoms with Crippen LogP contribution in [-0.2, 0) is 14.4 Å². The van der Waals surface area contributed by atoms with Crippen LogP contribution >= 0.6 is 0 Å². The summed E-state index contributed by atoms with van der Waals surface area (Å²) in [5.74, 6) is -1.26. The van der Waals surface area contributed by atoms with Gasteiger partial charge in [0.2, 0.25) is 17.7 Å². The van der Waals surface area contributed by atoms with Crippen LogP contribution in [0.2, 0.25) is 0 Å². The summed E-state index contributed by atoms with van der Waals surface area (Å²) < 4.78 is 0. The maximum absolute atomic E-state index is 11.2. The molecule has 6 nitrogen and oxygen atoms in total. The molecule has 0 aromatic rings. The maximum atomic E-state index is 11.2. The average Bonchev–Trinajstić information content (AvgIpc) is 2.39. The third-order valence-corrected chi connectivity index (χ3v) is 2.32. The smallest absolute Gasteiger partial charge is 0.244 e. The summed E-state index contributed by atoms with van der Waals surface area (Å²) in [5, 5.41) is 4.95. The van der Waals surface area contributed by atoms with Crippen LogP contribution in [0.4, 0.5) is 0 Å². The van der Waals surface area contributed by atoms with Crippen molar-refractivity contribution in [2.75, 3.05) is 0 Å². The lowest BCUT2D eigenvalue weighted by molar-refractivity contribution is -0.125. The minimum absolute atomic E-state index is 0.0222. The fraction of sp³-hybridized carbons (Fsp3) is 0.667. The summed E-state index contributed by atoms with van der Waals surface area (Å²) in [7, 11) is 0. The van der Waals surface area contributed by atoms with Gasteiger partial charge < -0.3 is 5.73 Å². The Labute approximate surface area is 87.6 Å². The first-order chi connectivity index (χ1) is 6.91. The first kappa shape index (κ1) is 11.6. The lowest BCUT2D eigenvalue weighted by Gasteiger charge is -2.21. The normalized spacial score (nSPS) is 23.0. The predicted octanol–water partition coefficient (Wildman–Crippen LogP) is -1.50. The van der Waals surface area contributed by atoms with Gasteiger partial charge in [0, 0.05) is 0 Å². The van der Waals surface area contributed by atoms with E-state index >= 15 is 0 Å². The van der Waals surface area contributed by atoms with Gasteiger partial charge in [-0.3, -0.25) is 25.0 Å². The third-order valence-electron chi connectivity index (χ3n) is 2.32. The summed E-state index contributed by atoms with van der Waals surface area (Å²) in [6, 6.07) is -1.23. The molecule has 1 fully saturated rings. The molecule has 0 saturated carbocycles. The van der Waals surface area contributed by atoms with Gasteiger partial charge in [-0.25, -0.2) is 0 Å². The van der Waals surface area contributed by atoms with Gasteiger partial charge in [0.15, 0.2) is 0 Å². The molecular weight excluding hydrogens is 198 g/mol. The zero-order valence-electron chi connectivity index (χ0n) is 8.74. The molecular formula is C9H15N3O3. The lowest BCUT2D eigenvalue weighted by atomic mass is 10.0. The van der Waals surface area contributed by atoms with Crippen molar-refractivity contribution >= 4 is 17.7 Å². The predicted molar refractivity (Wildman–Crippen MR) is 52.5 cm³/mol. The number of primary amides is 1. The zero-order valence-corrected chi connectivity index (χ0v) is 8.74. The monoisotopic (exact) mass is 213 g/mol. The first-order valence-corrected chi connectivity index (χ1v) is 4.81. The molecule has 2 atom stereocenters. The Hall–Kier alpha value is -1.43. The highest BCUT2D eigenvalue weighted by atomic mass is 16.2. The molecule has 84 valence electrons. The van der Waals surface area contributed by atoms with Gasteiger partial charge in [-0.1, -0.05) is 13.8 Å². The molecule has 0 radical (unpaired) electrons. The SMILES string of the molecule is CC(C)C(NC1CC(=O)NC1=O)C(N)=O. The van der Waals surface area contributed by atoms with Gasteiger partial charge in [0.1, 0.15) is 0 Å². The van der Waals surface area contributed by atoms with Gasteiger partial charge in [-0.15, -0.1) is 0 Å². The van der Waals surface area contributed by atoms with E-state index in [9.17, 15) is 14.4 Å². The third kappa shape index (κ3) is 2.76. The Kier molecular flexibility index (Phi) is 3.41. The van der Waals surface area contributed by atoms with Crippen LogP contribution in [0.1, 0.15) is 20.3 Å². The molecule has 1 saturated heterocycles. The van der Waals surface area contributed by atoms with Gasteiger partial charge in [0.05, 0.1) is 18.5 Å². The number of carbonyl (C=O) groups excluding carboxylic acids is 3. The highest BCUT2D eigenvalue weighted by Crippen LogP contribution is 2.07. The minimum atomic E-state index is -0.641. The molecule has 1 rings (SSSR count). The first-order valence-electron chi connectivity index (χ1n) is 4.81. The van der Waals surface area contributed by atoms with Crippen LogP contribution in [-0.4, -0.2) is 29.8 Å². The fourth-order valence-electron chi connectivity index (χ4n) is 1.51. The van der Waals surface area contributed by atoms with Crippen molar-refractivity contribution in [2.45, 2.75) is 32.4 Å². The number of amides is 3. The molecule has 0 aromatic heterocycles. The Morgan fingerprint density at radius 3 is 2.47 bits per heavy atom. The molecule has 6 heteroatoms. The van der Waals surface area contributed by atoms with E-state index in [2.05, 4.69) is 10.6 Å². The van der Waals surface area contributed by atoms with Crippen LogP contribution in [0, 0.1) is 5.92 Å². The molecule has 15 heavy (non-hydrogen) atoms. The second kappa shape index (κ2) is 4.39. The fourth-order valence-corrected chi connectivity index (χ4v) is 1.51. The molecule has 0 aliphatic carbocycles. The molecule has 3 amide bonds. The van der Waals surface area contributed by atoms with Crippen molar-refractivity contribution in [3.63, 3.8) is 0 Å². The van der Waals surface area contributed by atoms with Crippen LogP contribution in [0.3, 0.4) is 0 Å². The van der Waals surface area contributed by atoms with Crippen LogP contribution in [0.5, 0.6) is 0 Å². The van der Waals surface area contributed by atoms with E-state index in [0.717, 1.165) is 0 Å². The molecule has 0 bridgehead atoms. The summed E-state index contributed by atoms with van der Waals surface area (Å²) in [5.41, 5.74) is 5.18. The number of hydrogen-bond donors (Lipinski definition) is 3. The van der Waals surface area contributed by atoms with Gasteiger partial charge >= 0.3 is 0 Å². The van der Waals surface area contributed by atoms with Crippen molar-refractivity contribution < 1.29 is 14.4 Å². The molecule has 1 aliphatic heterocycles. The van der Waals surface area contributed by atoms with Crippen molar-refractivity contribution in [3.8, 4) is 0 Å². The highest BCUT2D eigenvalue weighted by molar-refractivity contribution is 6.05. The van der Waals surface area contributed by atoms with E-state index in [0.29, 0.717) is 0 Å². The maximum Gasteiger partial charge on any atom is 0.244 e. The summed E-state index contributed by atoms with van der Waals surface area (Å²) in [6.07, 6.45) is 0.0648. The lowest BCUT2D eigenvalue weighted by Crippen LogP contribution is -2.51. The standard InChI is InChI=1S/C9H15N3O3/c1-4(2)7(8(10)14)11-5-3-6(13)12-9(5)15/h4-5,7,11H,3H2,1-2H3,(H2,10,14)(H,12,13,15). The van der Waals surface area contributed by atoms with Crippen molar-refractivity contribution in [3.05, 3.63) is 0 Å². The Bertz CT molecular complexity index is 301. The average molecular weight is 213 g/mol. The van der Waals surface area contributed by atoms with E-state index in [4.69, 9.17) is 5.73 Å². The van der Waals surface area contributed by atoms with E-state index in [-0.39, 0.29) is 18.2 Å². The van der Waals surface area contributed by atoms with Gasteiger partial charge in [0.25, 0.3) is 0 Å². The van der Waals surface area contributed by atoms with E-state index in [1.807, 2.05) is 13.8 Å².